The third kappa shape index (κ3) is 9.02. The highest BCUT2D eigenvalue weighted by molar-refractivity contribution is 14.1. The van der Waals surface area contributed by atoms with Gasteiger partial charge in [0.05, 0.1) is 16.0 Å². The van der Waals surface area contributed by atoms with Crippen LogP contribution in [0.3, 0.4) is 0 Å². The summed E-state index contributed by atoms with van der Waals surface area (Å²) < 4.78 is 56.2. The maximum absolute atomic E-state index is 13.8. The van der Waals surface area contributed by atoms with Gasteiger partial charge in [-0.25, -0.2) is 9.59 Å². The van der Waals surface area contributed by atoms with Crippen molar-refractivity contribution in [3.63, 3.8) is 0 Å². The molecule has 1 aliphatic rings. The number of carbonyl (C=O) groups excluding carboxylic acids is 4. The quantitative estimate of drug-likeness (QED) is 0.0651. The van der Waals surface area contributed by atoms with Crippen molar-refractivity contribution >= 4 is 89.8 Å². The zero-order valence-electron chi connectivity index (χ0n) is 28.9. The van der Waals surface area contributed by atoms with Gasteiger partial charge in [0.1, 0.15) is 23.7 Å². The van der Waals surface area contributed by atoms with Crippen LogP contribution in [0.5, 0.6) is 11.5 Å². The number of rotatable bonds is 13. The normalized spacial score (nSPS) is 13.7. The summed E-state index contributed by atoms with van der Waals surface area (Å²) in [6.07, 6.45) is -1.14. The van der Waals surface area contributed by atoms with E-state index >= 15 is 0 Å². The molecule has 0 aliphatic carbocycles. The van der Waals surface area contributed by atoms with Crippen LogP contribution in [-0.2, 0) is 33.5 Å². The zero-order chi connectivity index (χ0) is 38.7. The van der Waals surface area contributed by atoms with Gasteiger partial charge in [-0.1, -0.05) is 42.0 Å². The smallest absolute Gasteiger partial charge is 0.344 e. The molecule has 0 radical (unpaired) electrons. The molecular formula is C39H31I2NO11S. The molecule has 278 valence electrons. The fourth-order valence-corrected chi connectivity index (χ4v) is 7.15. The van der Waals surface area contributed by atoms with E-state index in [0.29, 0.717) is 0 Å². The van der Waals surface area contributed by atoms with Crippen molar-refractivity contribution < 1.29 is 50.8 Å². The molecule has 0 N–H and O–H groups in total. The molecule has 0 spiro atoms. The fraction of sp³-hybridized carbons (Fsp3) is 0.179. The lowest BCUT2D eigenvalue weighted by molar-refractivity contribution is -0.151. The number of benzene rings is 5. The molecule has 2 unspecified atom stereocenters. The number of hydrogen-bond donors (Lipinski definition) is 0. The van der Waals surface area contributed by atoms with Crippen LogP contribution in [0.25, 0.3) is 10.8 Å². The van der Waals surface area contributed by atoms with Crippen LogP contribution in [0.4, 0.5) is 0 Å². The van der Waals surface area contributed by atoms with Gasteiger partial charge in [0, 0.05) is 12.5 Å². The predicted molar refractivity (Wildman–Crippen MR) is 212 cm³/mol. The highest BCUT2D eigenvalue weighted by Crippen LogP contribution is 2.37. The summed E-state index contributed by atoms with van der Waals surface area (Å²) in [4.78, 5) is 52.9. The second-order valence-electron chi connectivity index (χ2n) is 12.2. The van der Waals surface area contributed by atoms with E-state index in [9.17, 15) is 27.6 Å². The van der Waals surface area contributed by atoms with Crippen LogP contribution >= 0.6 is 45.2 Å². The molecule has 0 saturated heterocycles. The van der Waals surface area contributed by atoms with E-state index < -0.39 is 59.3 Å². The van der Waals surface area contributed by atoms with Gasteiger partial charge in [-0.15, -0.1) is 9.35 Å². The van der Waals surface area contributed by atoms with Gasteiger partial charge >= 0.3 is 22.1 Å². The lowest BCUT2D eigenvalue weighted by Gasteiger charge is -2.26. The lowest BCUT2D eigenvalue weighted by atomic mass is 9.94. The molecule has 54 heavy (non-hydrogen) atoms. The third-order valence-electron chi connectivity index (χ3n) is 8.32. The Morgan fingerprint density at radius 3 is 1.52 bits per heavy atom. The molecule has 12 nitrogen and oxygen atoms in total. The first-order valence-corrected chi connectivity index (χ1v) is 19.9. The Hall–Kier alpha value is -4.59. The van der Waals surface area contributed by atoms with E-state index in [1.165, 1.54) is 48.5 Å². The summed E-state index contributed by atoms with van der Waals surface area (Å²) in [7, 11) is -4.65. The van der Waals surface area contributed by atoms with Gasteiger partial charge in [-0.2, -0.15) is 8.42 Å². The Morgan fingerprint density at radius 1 is 0.667 bits per heavy atom. The summed E-state index contributed by atoms with van der Waals surface area (Å²) in [5, 5.41) is 0.564. The van der Waals surface area contributed by atoms with Crippen LogP contribution in [0.2, 0.25) is 0 Å². The minimum atomic E-state index is -4.65. The molecular weight excluding hydrogens is 944 g/mol. The van der Waals surface area contributed by atoms with Crippen molar-refractivity contribution in [1.82, 2.24) is 5.06 Å². The number of imide groups is 1. The van der Waals surface area contributed by atoms with Gasteiger partial charge < -0.3 is 18.9 Å². The lowest BCUT2D eigenvalue weighted by Crippen LogP contribution is -2.41. The Kier molecular flexibility index (Phi) is 11.9. The molecule has 6 rings (SSSR count). The molecule has 2 amide bonds. The number of amides is 2. The third-order valence-corrected chi connectivity index (χ3v) is 10.9. The van der Waals surface area contributed by atoms with E-state index in [0.717, 1.165) is 23.8 Å². The highest BCUT2D eigenvalue weighted by Gasteiger charge is 2.39. The number of carbonyl (C=O) groups is 4. The number of esters is 2. The summed E-state index contributed by atoms with van der Waals surface area (Å²) in [5.74, 6) is -3.52. The van der Waals surface area contributed by atoms with Crippen molar-refractivity contribution in [2.45, 2.75) is 37.9 Å². The predicted octanol–water partition coefficient (Wildman–Crippen LogP) is 7.64. The number of nitrogens with zero attached hydrogens (tertiary/aromatic N) is 1. The summed E-state index contributed by atoms with van der Waals surface area (Å²) in [6, 6.07) is 26.1. The number of hydroxylamine groups is 2. The van der Waals surface area contributed by atoms with Gasteiger partial charge in [-0.3, -0.25) is 9.59 Å². The molecule has 2 atom stereocenters. The Bertz CT molecular complexity index is 2240. The zero-order valence-corrected chi connectivity index (χ0v) is 34.0. The molecule has 5 aromatic carbocycles. The molecule has 0 aromatic heterocycles. The summed E-state index contributed by atoms with van der Waals surface area (Å²) in [6.45, 7) is 4.12. The van der Waals surface area contributed by atoms with Gasteiger partial charge in [0.2, 0.25) is 0 Å². The first-order valence-electron chi connectivity index (χ1n) is 16.4. The van der Waals surface area contributed by atoms with Crippen LogP contribution in [0, 0.1) is 14.1 Å². The molecule has 15 heteroatoms. The Morgan fingerprint density at radius 2 is 1.09 bits per heavy atom. The minimum absolute atomic E-state index is 0.0225. The van der Waals surface area contributed by atoms with E-state index in [2.05, 4.69) is 45.2 Å². The van der Waals surface area contributed by atoms with Crippen LogP contribution in [-0.4, -0.2) is 50.4 Å². The van der Waals surface area contributed by atoms with Crippen LogP contribution < -0.4 is 9.47 Å². The number of aryl methyl sites for hydroxylation is 1. The van der Waals surface area contributed by atoms with Crippen molar-refractivity contribution in [1.29, 1.82) is 0 Å². The summed E-state index contributed by atoms with van der Waals surface area (Å²) in [5.41, 5.74) is 2.05. The first-order chi connectivity index (χ1) is 25.7. The van der Waals surface area contributed by atoms with Gasteiger partial charge in [-0.05, 0) is 143 Å². The summed E-state index contributed by atoms with van der Waals surface area (Å²) >= 11 is 4.35. The molecule has 1 aliphatic heterocycles. The van der Waals surface area contributed by atoms with Gasteiger partial charge in [0.15, 0.2) is 13.2 Å². The maximum Gasteiger partial charge on any atom is 0.344 e. The first kappa shape index (κ1) is 39.1. The van der Waals surface area contributed by atoms with Crippen LogP contribution in [0.15, 0.2) is 102 Å². The monoisotopic (exact) mass is 975 g/mol. The minimum Gasteiger partial charge on any atom is -0.482 e. The number of ether oxygens (including phenoxy) is 4. The maximum atomic E-state index is 13.8. The largest absolute Gasteiger partial charge is 0.482 e. The highest BCUT2D eigenvalue weighted by atomic mass is 127. The van der Waals surface area contributed by atoms with E-state index in [4.69, 9.17) is 23.2 Å². The number of halogens is 2. The molecule has 0 saturated carbocycles. The van der Waals surface area contributed by atoms with Crippen molar-refractivity contribution in [2.24, 2.45) is 0 Å². The Labute approximate surface area is 338 Å². The standard InChI is InChI=1S/C39H31I2NO11S/c1-22-4-14-32(15-5-22)54(47,48)53-42-38(45)33-18-30(49-20-35(43)51-23(2)25-6-10-28(40)11-7-25)16-27-17-31(19-34(37(27)33)39(42)46)50-21-36(44)52-24(3)26-8-12-29(41)13-9-26/h4-19,23-24H,20-21H2,1-3H3. The molecule has 5 aromatic rings. The van der Waals surface area contributed by atoms with E-state index in [1.54, 1.807) is 20.8 Å². The van der Waals surface area contributed by atoms with Gasteiger partial charge in [0.25, 0.3) is 11.8 Å². The second kappa shape index (κ2) is 16.4. The fourth-order valence-electron chi connectivity index (χ4n) is 5.54. The van der Waals surface area contributed by atoms with E-state index in [-0.39, 0.29) is 43.4 Å². The van der Waals surface area contributed by atoms with Crippen LogP contribution in [0.1, 0.15) is 63.5 Å². The molecule has 1 heterocycles. The SMILES string of the molecule is Cc1ccc(S(=O)(=O)ON2C(=O)c3cc(OCC(=O)OC(C)c4ccc(I)cc4)cc4cc(OCC(=O)OC(C)c5ccc(I)cc5)cc(c34)C2=O)cc1. The Balaban J connectivity index is 1.27. The van der Waals surface area contributed by atoms with Crippen molar-refractivity contribution in [3.8, 4) is 11.5 Å². The second-order valence-corrected chi connectivity index (χ2v) is 16.3. The number of hydrogen-bond acceptors (Lipinski definition) is 11. The average molecular weight is 976 g/mol. The average Bonchev–Trinajstić information content (AvgIpc) is 3.14. The van der Waals surface area contributed by atoms with Crippen molar-refractivity contribution in [3.05, 3.63) is 132 Å². The van der Waals surface area contributed by atoms with E-state index in [1.807, 2.05) is 48.5 Å². The topological polar surface area (TPSA) is 152 Å². The molecule has 0 fully saturated rings. The van der Waals surface area contributed by atoms with Crippen molar-refractivity contribution in [2.75, 3.05) is 13.2 Å². The molecule has 0 bridgehead atoms.